The van der Waals surface area contributed by atoms with Crippen molar-refractivity contribution >= 4 is 5.97 Å². The Bertz CT molecular complexity index is 1020. The van der Waals surface area contributed by atoms with Gasteiger partial charge in [-0.2, -0.15) is 10.2 Å². The van der Waals surface area contributed by atoms with Crippen LogP contribution in [0.3, 0.4) is 0 Å². The van der Waals surface area contributed by atoms with Crippen LogP contribution in [0.25, 0.3) is 11.4 Å². The van der Waals surface area contributed by atoms with Crippen molar-refractivity contribution in [3.63, 3.8) is 0 Å². The molecule has 0 unspecified atom stereocenters. The van der Waals surface area contributed by atoms with Crippen molar-refractivity contribution in [2.24, 2.45) is 0 Å². The van der Waals surface area contributed by atoms with Crippen LogP contribution in [-0.4, -0.2) is 27.8 Å². The molecule has 0 radical (unpaired) electrons. The fourth-order valence-corrected chi connectivity index (χ4v) is 2.17. The SMILES string of the molecule is CCOC(=O)c1nnc(-c2cccc(F)c2)nc1Oc1ccc(C#N)cc1. The Labute approximate surface area is 154 Å². The van der Waals surface area contributed by atoms with Crippen LogP contribution < -0.4 is 4.74 Å². The smallest absolute Gasteiger partial charge is 0.364 e. The molecule has 0 bridgehead atoms. The van der Waals surface area contributed by atoms with Gasteiger partial charge in [-0.1, -0.05) is 12.1 Å². The quantitative estimate of drug-likeness (QED) is 0.639. The van der Waals surface area contributed by atoms with E-state index in [0.717, 1.165) is 0 Å². The van der Waals surface area contributed by atoms with Crippen LogP contribution in [0.1, 0.15) is 23.0 Å². The summed E-state index contributed by atoms with van der Waals surface area (Å²) in [6.07, 6.45) is 0. The second kappa shape index (κ2) is 8.01. The van der Waals surface area contributed by atoms with Crippen LogP contribution >= 0.6 is 0 Å². The summed E-state index contributed by atoms with van der Waals surface area (Å²) in [6, 6.07) is 13.9. The van der Waals surface area contributed by atoms with Gasteiger partial charge in [0.05, 0.1) is 18.2 Å². The van der Waals surface area contributed by atoms with Gasteiger partial charge in [0, 0.05) is 5.56 Å². The molecule has 134 valence electrons. The highest BCUT2D eigenvalue weighted by molar-refractivity contribution is 5.89. The summed E-state index contributed by atoms with van der Waals surface area (Å²) in [6.45, 7) is 1.80. The lowest BCUT2D eigenvalue weighted by molar-refractivity contribution is 0.0514. The number of aromatic nitrogens is 3. The van der Waals surface area contributed by atoms with Crippen LogP contribution in [-0.2, 0) is 4.74 Å². The van der Waals surface area contributed by atoms with Gasteiger partial charge in [0.25, 0.3) is 5.88 Å². The highest BCUT2D eigenvalue weighted by Crippen LogP contribution is 2.25. The molecule has 0 aliphatic rings. The number of carbonyl (C=O) groups is 1. The van der Waals surface area contributed by atoms with Crippen LogP contribution in [0.4, 0.5) is 4.39 Å². The molecule has 0 saturated carbocycles. The normalized spacial score (nSPS) is 10.1. The highest BCUT2D eigenvalue weighted by Gasteiger charge is 2.21. The number of halogens is 1. The molecule has 8 heteroatoms. The van der Waals surface area contributed by atoms with Gasteiger partial charge in [-0.15, -0.1) is 10.2 Å². The second-order valence-corrected chi connectivity index (χ2v) is 5.26. The maximum Gasteiger partial charge on any atom is 0.364 e. The van der Waals surface area contributed by atoms with Gasteiger partial charge in [0.1, 0.15) is 11.6 Å². The van der Waals surface area contributed by atoms with E-state index < -0.39 is 11.8 Å². The van der Waals surface area contributed by atoms with Gasteiger partial charge in [0.15, 0.2) is 5.82 Å². The lowest BCUT2D eigenvalue weighted by Gasteiger charge is -2.10. The molecule has 1 heterocycles. The monoisotopic (exact) mass is 364 g/mol. The van der Waals surface area contributed by atoms with Crippen LogP contribution in [0, 0.1) is 17.1 Å². The van der Waals surface area contributed by atoms with Crippen molar-refractivity contribution in [1.82, 2.24) is 15.2 Å². The maximum absolute atomic E-state index is 13.5. The first kappa shape index (κ1) is 17.9. The molecule has 27 heavy (non-hydrogen) atoms. The number of esters is 1. The molecule has 0 fully saturated rings. The zero-order valence-corrected chi connectivity index (χ0v) is 14.2. The van der Waals surface area contributed by atoms with Crippen LogP contribution in [0.15, 0.2) is 48.5 Å². The summed E-state index contributed by atoms with van der Waals surface area (Å²) in [4.78, 5) is 16.3. The number of carbonyl (C=O) groups excluding carboxylic acids is 1. The summed E-state index contributed by atoms with van der Waals surface area (Å²) < 4.78 is 24.1. The third-order valence-electron chi connectivity index (χ3n) is 3.40. The first-order valence-electron chi connectivity index (χ1n) is 7.96. The number of hydrogen-bond donors (Lipinski definition) is 0. The average Bonchev–Trinajstić information content (AvgIpc) is 2.68. The van der Waals surface area contributed by atoms with E-state index in [2.05, 4.69) is 15.2 Å². The minimum Gasteiger partial charge on any atom is -0.461 e. The Morgan fingerprint density at radius 2 is 1.96 bits per heavy atom. The van der Waals surface area contributed by atoms with E-state index in [1.54, 1.807) is 37.3 Å². The van der Waals surface area contributed by atoms with E-state index in [1.807, 2.05) is 6.07 Å². The standard InChI is InChI=1S/C19H13FN4O3/c1-2-26-19(25)16-18(27-15-8-6-12(11-21)7-9-15)22-17(24-23-16)13-4-3-5-14(20)10-13/h3-10H,2H2,1H3. The molecule has 0 aliphatic heterocycles. The average molecular weight is 364 g/mol. The minimum atomic E-state index is -0.744. The van der Waals surface area contributed by atoms with E-state index in [-0.39, 0.29) is 24.0 Å². The number of ether oxygens (including phenoxy) is 2. The van der Waals surface area contributed by atoms with Gasteiger partial charge in [-0.25, -0.2) is 9.18 Å². The molecule has 0 amide bonds. The summed E-state index contributed by atoms with van der Waals surface area (Å²) >= 11 is 0. The number of benzene rings is 2. The summed E-state index contributed by atoms with van der Waals surface area (Å²) in [7, 11) is 0. The fourth-order valence-electron chi connectivity index (χ4n) is 2.17. The maximum atomic E-state index is 13.5. The number of hydrogen-bond acceptors (Lipinski definition) is 7. The predicted molar refractivity (Wildman–Crippen MR) is 92.4 cm³/mol. The van der Waals surface area contributed by atoms with Gasteiger partial charge in [-0.05, 0) is 43.3 Å². The molecule has 3 aromatic rings. The Balaban J connectivity index is 2.02. The molecule has 0 spiro atoms. The summed E-state index contributed by atoms with van der Waals surface area (Å²) in [5.41, 5.74) is 0.623. The highest BCUT2D eigenvalue weighted by atomic mass is 19.1. The summed E-state index contributed by atoms with van der Waals surface area (Å²) in [5.74, 6) is -0.907. The largest absolute Gasteiger partial charge is 0.461 e. The molecular formula is C19H13FN4O3. The molecule has 2 aromatic carbocycles. The third-order valence-corrected chi connectivity index (χ3v) is 3.40. The van der Waals surface area contributed by atoms with Crippen molar-refractivity contribution in [1.29, 1.82) is 5.26 Å². The molecule has 7 nitrogen and oxygen atoms in total. The molecule has 0 N–H and O–H groups in total. The molecule has 3 rings (SSSR count). The Morgan fingerprint density at radius 3 is 2.63 bits per heavy atom. The molecule has 1 aromatic heterocycles. The van der Waals surface area contributed by atoms with Crippen molar-refractivity contribution in [3.05, 3.63) is 65.6 Å². The van der Waals surface area contributed by atoms with E-state index in [1.165, 1.54) is 18.2 Å². The van der Waals surface area contributed by atoms with E-state index in [0.29, 0.717) is 16.9 Å². The van der Waals surface area contributed by atoms with Crippen LogP contribution in [0.2, 0.25) is 0 Å². The second-order valence-electron chi connectivity index (χ2n) is 5.26. The number of nitrogens with zero attached hydrogens (tertiary/aromatic N) is 4. The molecular weight excluding hydrogens is 351 g/mol. The molecule has 0 aliphatic carbocycles. The Morgan fingerprint density at radius 1 is 1.19 bits per heavy atom. The Kier molecular flexibility index (Phi) is 5.33. The van der Waals surface area contributed by atoms with Crippen molar-refractivity contribution < 1.29 is 18.7 Å². The van der Waals surface area contributed by atoms with Gasteiger partial charge < -0.3 is 9.47 Å². The van der Waals surface area contributed by atoms with Crippen molar-refractivity contribution in [2.75, 3.05) is 6.61 Å². The predicted octanol–water partition coefficient (Wildman–Crippen LogP) is 3.52. The molecule has 0 atom stereocenters. The van der Waals surface area contributed by atoms with Gasteiger partial charge >= 0.3 is 5.97 Å². The Hall–Kier alpha value is -3.86. The lowest BCUT2D eigenvalue weighted by atomic mass is 10.2. The zero-order chi connectivity index (χ0) is 19.2. The zero-order valence-electron chi connectivity index (χ0n) is 14.2. The number of rotatable bonds is 5. The van der Waals surface area contributed by atoms with Gasteiger partial charge in [-0.3, -0.25) is 0 Å². The number of nitriles is 1. The van der Waals surface area contributed by atoms with Gasteiger partial charge in [0.2, 0.25) is 5.69 Å². The fraction of sp³-hybridized carbons (Fsp3) is 0.105. The lowest BCUT2D eigenvalue weighted by Crippen LogP contribution is -2.12. The van der Waals surface area contributed by atoms with Crippen molar-refractivity contribution in [2.45, 2.75) is 6.92 Å². The van der Waals surface area contributed by atoms with E-state index in [9.17, 15) is 9.18 Å². The van der Waals surface area contributed by atoms with E-state index >= 15 is 0 Å². The molecule has 0 saturated heterocycles. The van der Waals surface area contributed by atoms with Crippen LogP contribution in [0.5, 0.6) is 11.6 Å². The summed E-state index contributed by atoms with van der Waals surface area (Å²) in [5, 5.41) is 16.6. The third kappa shape index (κ3) is 4.22. The topological polar surface area (TPSA) is 98.0 Å². The van der Waals surface area contributed by atoms with E-state index in [4.69, 9.17) is 14.7 Å². The minimum absolute atomic E-state index is 0.0891. The first-order chi connectivity index (χ1) is 13.1. The first-order valence-corrected chi connectivity index (χ1v) is 7.96. The van der Waals surface area contributed by atoms with Crippen molar-refractivity contribution in [3.8, 4) is 29.1 Å².